The topological polar surface area (TPSA) is 69.6 Å². The van der Waals surface area contributed by atoms with Crippen LogP contribution in [0.4, 0.5) is 10.5 Å². The number of carbonyl (C=O) groups excluding carboxylic acids is 1. The van der Waals surface area contributed by atoms with Gasteiger partial charge in [0.15, 0.2) is 0 Å². The van der Waals surface area contributed by atoms with Crippen LogP contribution in [-0.4, -0.2) is 47.1 Å². The molecule has 0 aliphatic carbocycles. The lowest BCUT2D eigenvalue weighted by molar-refractivity contribution is 0.0698. The van der Waals surface area contributed by atoms with Gasteiger partial charge >= 0.3 is 12.0 Å². The van der Waals surface area contributed by atoms with Crippen LogP contribution < -0.4 is 5.32 Å². The van der Waals surface area contributed by atoms with Crippen LogP contribution in [0.25, 0.3) is 0 Å². The SMILES string of the molecule is CSCC(C)N(C)C(=O)Nc1c(Cl)cc(Cl)cc1C(=O)O. The van der Waals surface area contributed by atoms with Gasteiger partial charge in [-0.05, 0) is 25.3 Å². The summed E-state index contributed by atoms with van der Waals surface area (Å²) in [5, 5.41) is 12.0. The van der Waals surface area contributed by atoms with Crippen LogP contribution in [0.1, 0.15) is 17.3 Å². The van der Waals surface area contributed by atoms with E-state index in [-0.39, 0.29) is 27.3 Å². The summed E-state index contributed by atoms with van der Waals surface area (Å²) in [4.78, 5) is 24.9. The molecule has 0 radical (unpaired) electrons. The first-order valence-electron chi connectivity index (χ1n) is 6.03. The van der Waals surface area contributed by atoms with Gasteiger partial charge in [-0.3, -0.25) is 0 Å². The Morgan fingerprint density at radius 2 is 2.05 bits per heavy atom. The minimum Gasteiger partial charge on any atom is -0.478 e. The second-order valence-electron chi connectivity index (χ2n) is 4.46. The number of nitrogens with zero attached hydrogens (tertiary/aromatic N) is 1. The first kappa shape index (κ1) is 17.9. The monoisotopic (exact) mass is 350 g/mol. The van der Waals surface area contributed by atoms with Gasteiger partial charge in [0, 0.05) is 23.9 Å². The number of nitrogens with one attached hydrogen (secondary N) is 1. The standard InChI is InChI=1S/C13H16Cl2N2O3S/c1-7(6-21-3)17(2)13(20)16-11-9(12(18)19)4-8(14)5-10(11)15/h4-5,7H,6H2,1-3H3,(H,16,20)(H,18,19). The van der Waals surface area contributed by atoms with Crippen LogP contribution in [0.3, 0.4) is 0 Å². The summed E-state index contributed by atoms with van der Waals surface area (Å²) in [6, 6.07) is 2.20. The summed E-state index contributed by atoms with van der Waals surface area (Å²) in [7, 11) is 1.64. The van der Waals surface area contributed by atoms with Gasteiger partial charge in [-0.1, -0.05) is 23.2 Å². The van der Waals surface area contributed by atoms with E-state index in [2.05, 4.69) is 5.32 Å². The molecule has 0 fully saturated rings. The Morgan fingerprint density at radius 3 is 2.57 bits per heavy atom. The molecule has 0 bridgehead atoms. The zero-order chi connectivity index (χ0) is 16.2. The smallest absolute Gasteiger partial charge is 0.337 e. The third-order valence-corrected chi connectivity index (χ3v) is 4.24. The number of rotatable bonds is 5. The molecule has 1 aromatic rings. The fourth-order valence-electron chi connectivity index (χ4n) is 1.62. The van der Waals surface area contributed by atoms with Gasteiger partial charge in [0.1, 0.15) is 0 Å². The van der Waals surface area contributed by atoms with Crippen LogP contribution in [0.5, 0.6) is 0 Å². The highest BCUT2D eigenvalue weighted by Crippen LogP contribution is 2.30. The molecule has 116 valence electrons. The lowest BCUT2D eigenvalue weighted by Crippen LogP contribution is -2.39. The second kappa shape index (κ2) is 7.77. The molecule has 0 aromatic heterocycles. The third kappa shape index (κ3) is 4.69. The summed E-state index contributed by atoms with van der Waals surface area (Å²) in [5.74, 6) is -0.445. The van der Waals surface area contributed by atoms with E-state index < -0.39 is 12.0 Å². The molecular formula is C13H16Cl2N2O3S. The van der Waals surface area contributed by atoms with Gasteiger partial charge in [-0.2, -0.15) is 11.8 Å². The number of carbonyl (C=O) groups is 2. The van der Waals surface area contributed by atoms with E-state index in [4.69, 9.17) is 23.2 Å². The molecule has 0 saturated heterocycles. The molecule has 2 amide bonds. The molecule has 0 spiro atoms. The molecule has 5 nitrogen and oxygen atoms in total. The molecule has 2 N–H and O–H groups in total. The van der Waals surface area contributed by atoms with E-state index in [9.17, 15) is 14.7 Å². The number of urea groups is 1. The Labute approximate surface area is 137 Å². The number of carboxylic acids is 1. The van der Waals surface area contributed by atoms with Crippen LogP contribution in [-0.2, 0) is 0 Å². The van der Waals surface area contributed by atoms with Crippen molar-refractivity contribution >= 4 is 52.7 Å². The van der Waals surface area contributed by atoms with Gasteiger partial charge in [0.05, 0.1) is 16.3 Å². The van der Waals surface area contributed by atoms with Crippen LogP contribution in [0.15, 0.2) is 12.1 Å². The second-order valence-corrected chi connectivity index (χ2v) is 6.22. The van der Waals surface area contributed by atoms with Crippen molar-refractivity contribution in [1.82, 2.24) is 4.90 Å². The number of anilines is 1. The Morgan fingerprint density at radius 1 is 1.43 bits per heavy atom. The van der Waals surface area contributed by atoms with E-state index >= 15 is 0 Å². The fourth-order valence-corrected chi connectivity index (χ4v) is 2.86. The predicted octanol–water partition coefficient (Wildman–Crippen LogP) is 3.91. The van der Waals surface area contributed by atoms with E-state index in [1.54, 1.807) is 18.8 Å². The Bertz CT molecular complexity index is 554. The van der Waals surface area contributed by atoms with Crippen molar-refractivity contribution in [3.05, 3.63) is 27.7 Å². The summed E-state index contributed by atoms with van der Waals surface area (Å²) in [6.45, 7) is 1.90. The van der Waals surface area contributed by atoms with Gasteiger partial charge in [0.25, 0.3) is 0 Å². The maximum Gasteiger partial charge on any atom is 0.337 e. The fraction of sp³-hybridized carbons (Fsp3) is 0.385. The number of thioether (sulfide) groups is 1. The third-order valence-electron chi connectivity index (χ3n) is 2.91. The molecule has 0 saturated carbocycles. The molecule has 1 unspecified atom stereocenters. The number of hydrogen-bond acceptors (Lipinski definition) is 3. The minimum atomic E-state index is -1.21. The van der Waals surface area contributed by atoms with Crippen LogP contribution in [0, 0.1) is 0 Å². The first-order valence-corrected chi connectivity index (χ1v) is 8.18. The number of aromatic carboxylic acids is 1. The summed E-state index contributed by atoms with van der Waals surface area (Å²) < 4.78 is 0. The summed E-state index contributed by atoms with van der Waals surface area (Å²) in [6.07, 6.45) is 1.95. The molecule has 8 heteroatoms. The lowest BCUT2D eigenvalue weighted by Gasteiger charge is -2.25. The average molecular weight is 351 g/mol. The highest BCUT2D eigenvalue weighted by Gasteiger charge is 2.21. The lowest BCUT2D eigenvalue weighted by atomic mass is 10.2. The Hall–Kier alpha value is -1.11. The molecule has 0 aliphatic rings. The van der Waals surface area contributed by atoms with Crippen molar-refractivity contribution in [3.63, 3.8) is 0 Å². The molecule has 21 heavy (non-hydrogen) atoms. The average Bonchev–Trinajstić information content (AvgIpc) is 2.40. The van der Waals surface area contributed by atoms with Gasteiger partial charge in [-0.25, -0.2) is 9.59 Å². The Kier molecular flexibility index (Phi) is 6.64. The van der Waals surface area contributed by atoms with Crippen LogP contribution in [0.2, 0.25) is 10.0 Å². The van der Waals surface area contributed by atoms with Crippen molar-refractivity contribution in [1.29, 1.82) is 0 Å². The number of amides is 2. The normalized spacial score (nSPS) is 11.9. The van der Waals surface area contributed by atoms with Gasteiger partial charge < -0.3 is 15.3 Å². The maximum atomic E-state index is 12.2. The predicted molar refractivity (Wildman–Crippen MR) is 88.0 cm³/mol. The number of hydrogen-bond donors (Lipinski definition) is 2. The van der Waals surface area contributed by atoms with Crippen molar-refractivity contribution in [3.8, 4) is 0 Å². The number of benzene rings is 1. The molecule has 1 atom stereocenters. The molecule has 0 aliphatic heterocycles. The van der Waals surface area contributed by atoms with Gasteiger partial charge in [-0.15, -0.1) is 0 Å². The van der Waals surface area contributed by atoms with Crippen molar-refractivity contribution < 1.29 is 14.7 Å². The minimum absolute atomic E-state index is 0.000598. The highest BCUT2D eigenvalue weighted by molar-refractivity contribution is 7.98. The summed E-state index contributed by atoms with van der Waals surface area (Å²) in [5.41, 5.74) is -0.103. The van der Waals surface area contributed by atoms with E-state index in [0.29, 0.717) is 0 Å². The zero-order valence-electron chi connectivity index (χ0n) is 11.8. The molecule has 1 rings (SSSR count). The molecular weight excluding hydrogens is 335 g/mol. The van der Waals surface area contributed by atoms with Crippen molar-refractivity contribution in [2.45, 2.75) is 13.0 Å². The van der Waals surface area contributed by atoms with Crippen LogP contribution >= 0.6 is 35.0 Å². The van der Waals surface area contributed by atoms with Crippen molar-refractivity contribution in [2.75, 3.05) is 24.4 Å². The first-order chi connectivity index (χ1) is 9.77. The van der Waals surface area contributed by atoms with E-state index in [1.807, 2.05) is 13.2 Å². The molecule has 0 heterocycles. The number of halogens is 2. The molecule has 1 aromatic carbocycles. The maximum absolute atomic E-state index is 12.2. The largest absolute Gasteiger partial charge is 0.478 e. The Balaban J connectivity index is 3.02. The van der Waals surface area contributed by atoms with E-state index in [0.717, 1.165) is 5.75 Å². The van der Waals surface area contributed by atoms with E-state index in [1.165, 1.54) is 17.0 Å². The zero-order valence-corrected chi connectivity index (χ0v) is 14.1. The highest BCUT2D eigenvalue weighted by atomic mass is 35.5. The summed E-state index contributed by atoms with van der Waals surface area (Å²) >= 11 is 13.4. The van der Waals surface area contributed by atoms with Gasteiger partial charge in [0.2, 0.25) is 0 Å². The number of carboxylic acid groups (broad SMARTS) is 1. The van der Waals surface area contributed by atoms with Crippen molar-refractivity contribution in [2.24, 2.45) is 0 Å². The quantitative estimate of drug-likeness (QED) is 0.844.